The summed E-state index contributed by atoms with van der Waals surface area (Å²) in [6.07, 6.45) is 3.35. The number of hydrogen-bond donors (Lipinski definition) is 0. The van der Waals surface area contributed by atoms with Gasteiger partial charge < -0.3 is 9.47 Å². The second-order valence-corrected chi connectivity index (χ2v) is 11.1. The van der Waals surface area contributed by atoms with Crippen LogP contribution in [0.2, 0.25) is 13.1 Å². The van der Waals surface area contributed by atoms with Gasteiger partial charge in [-0.05, 0) is 30.0 Å². The summed E-state index contributed by atoms with van der Waals surface area (Å²) in [5, 5.41) is 2.92. The first-order valence-electron chi connectivity index (χ1n) is 8.55. The molecule has 122 valence electrons. The zero-order chi connectivity index (χ0) is 16.1. The Kier molecular flexibility index (Phi) is 5.31. The highest BCUT2D eigenvalue weighted by Gasteiger charge is 2.28. The van der Waals surface area contributed by atoms with Gasteiger partial charge in [0, 0.05) is 6.61 Å². The van der Waals surface area contributed by atoms with Crippen molar-refractivity contribution < 1.29 is 9.47 Å². The lowest BCUT2D eigenvalue weighted by Gasteiger charge is -2.28. The Balaban J connectivity index is 1.79. The number of rotatable bonds is 5. The molecule has 3 heteroatoms. The Bertz CT molecular complexity index is 619. The smallest absolute Gasteiger partial charge is 0.158 e. The average Bonchev–Trinajstić information content (AvgIpc) is 2.62. The minimum atomic E-state index is -1.71. The van der Waals surface area contributed by atoms with Crippen LogP contribution in [0.15, 0.2) is 54.6 Å². The quantitative estimate of drug-likeness (QED) is 0.782. The van der Waals surface area contributed by atoms with Crippen LogP contribution in [0.3, 0.4) is 0 Å². The van der Waals surface area contributed by atoms with Crippen LogP contribution in [0.25, 0.3) is 0 Å². The summed E-state index contributed by atoms with van der Waals surface area (Å²) in [5.74, 6) is 0. The van der Waals surface area contributed by atoms with Crippen molar-refractivity contribution in [2.45, 2.75) is 45.3 Å². The van der Waals surface area contributed by atoms with Crippen LogP contribution in [-0.2, 0) is 16.1 Å². The monoisotopic (exact) mass is 326 g/mol. The average molecular weight is 327 g/mol. The van der Waals surface area contributed by atoms with Gasteiger partial charge in [-0.1, -0.05) is 72.9 Å². The molecule has 0 aromatic heterocycles. The summed E-state index contributed by atoms with van der Waals surface area (Å²) in [4.78, 5) is 0. The molecule has 2 aromatic rings. The molecule has 2 nitrogen and oxygen atoms in total. The number of hydrogen-bond acceptors (Lipinski definition) is 2. The molecule has 1 fully saturated rings. The fraction of sp³-hybridized carbons (Fsp3) is 0.400. The van der Waals surface area contributed by atoms with E-state index in [1.165, 1.54) is 22.4 Å². The molecule has 1 saturated heterocycles. The topological polar surface area (TPSA) is 18.5 Å². The summed E-state index contributed by atoms with van der Waals surface area (Å²) >= 11 is 0. The Morgan fingerprint density at radius 2 is 1.74 bits per heavy atom. The van der Waals surface area contributed by atoms with E-state index in [2.05, 4.69) is 67.7 Å². The van der Waals surface area contributed by atoms with Crippen molar-refractivity contribution in [1.82, 2.24) is 0 Å². The summed E-state index contributed by atoms with van der Waals surface area (Å²) in [6.45, 7) is 6.30. The van der Waals surface area contributed by atoms with Gasteiger partial charge in [0.25, 0.3) is 0 Å². The van der Waals surface area contributed by atoms with Crippen molar-refractivity contribution >= 4 is 18.4 Å². The van der Waals surface area contributed by atoms with Gasteiger partial charge in [-0.25, -0.2) is 0 Å². The van der Waals surface area contributed by atoms with Crippen molar-refractivity contribution in [2.24, 2.45) is 0 Å². The van der Waals surface area contributed by atoms with Crippen LogP contribution in [0.5, 0.6) is 0 Å². The Labute approximate surface area is 140 Å². The van der Waals surface area contributed by atoms with Crippen molar-refractivity contribution in [1.29, 1.82) is 0 Å². The predicted octanol–water partition coefficient (Wildman–Crippen LogP) is 3.55. The summed E-state index contributed by atoms with van der Waals surface area (Å²) < 4.78 is 11.7. The molecule has 0 saturated carbocycles. The molecule has 0 aliphatic carbocycles. The molecule has 1 unspecified atom stereocenters. The van der Waals surface area contributed by atoms with Gasteiger partial charge in [-0.2, -0.15) is 0 Å². The van der Waals surface area contributed by atoms with Crippen molar-refractivity contribution in [3.05, 3.63) is 60.2 Å². The molecule has 0 bridgehead atoms. The maximum atomic E-state index is 6.04. The minimum absolute atomic E-state index is 0.0293. The van der Waals surface area contributed by atoms with Crippen LogP contribution in [-0.4, -0.2) is 21.0 Å². The number of benzene rings is 2. The van der Waals surface area contributed by atoms with Crippen molar-refractivity contribution in [3.8, 4) is 0 Å². The predicted molar refractivity (Wildman–Crippen MR) is 98.0 cm³/mol. The zero-order valence-corrected chi connectivity index (χ0v) is 15.1. The van der Waals surface area contributed by atoms with E-state index in [9.17, 15) is 0 Å². The van der Waals surface area contributed by atoms with Crippen molar-refractivity contribution in [3.63, 3.8) is 0 Å². The van der Waals surface area contributed by atoms with E-state index in [0.29, 0.717) is 6.61 Å². The molecule has 0 spiro atoms. The van der Waals surface area contributed by atoms with E-state index in [1.807, 2.05) is 0 Å². The second kappa shape index (κ2) is 7.43. The van der Waals surface area contributed by atoms with Gasteiger partial charge in [0.05, 0.1) is 6.61 Å². The molecule has 3 rings (SSSR count). The highest BCUT2D eigenvalue weighted by atomic mass is 28.3. The normalized spacial score (nSPS) is 18.8. The van der Waals surface area contributed by atoms with Crippen LogP contribution in [0, 0.1) is 0 Å². The molecule has 0 amide bonds. The number of ether oxygens (including phenoxy) is 2. The fourth-order valence-corrected chi connectivity index (χ4v) is 6.10. The standard InChI is InChI=1S/C20H26O2Si/c1-23(2,18-11-4-3-5-12-18)19-13-7-6-10-17(19)16-22-20-14-8-9-15-21-20/h3-7,10-13,20H,8-9,14-16H2,1-2H3. The minimum Gasteiger partial charge on any atom is -0.353 e. The van der Waals surface area contributed by atoms with Gasteiger partial charge >= 0.3 is 0 Å². The summed E-state index contributed by atoms with van der Waals surface area (Å²) in [6, 6.07) is 19.6. The largest absolute Gasteiger partial charge is 0.353 e. The molecule has 23 heavy (non-hydrogen) atoms. The lowest BCUT2D eigenvalue weighted by molar-refractivity contribution is -0.168. The Morgan fingerprint density at radius 1 is 1.00 bits per heavy atom. The first kappa shape index (κ1) is 16.4. The SMILES string of the molecule is C[Si](C)(c1ccccc1)c1ccccc1COC1CCCCO1. The zero-order valence-electron chi connectivity index (χ0n) is 14.1. The highest BCUT2D eigenvalue weighted by molar-refractivity contribution is 7.00. The third-order valence-electron chi connectivity index (χ3n) is 4.75. The van der Waals surface area contributed by atoms with E-state index >= 15 is 0 Å². The molecule has 0 radical (unpaired) electrons. The summed E-state index contributed by atoms with van der Waals surface area (Å²) in [5.41, 5.74) is 1.31. The molecule has 1 heterocycles. The lowest BCUT2D eigenvalue weighted by Crippen LogP contribution is -2.54. The van der Waals surface area contributed by atoms with E-state index in [1.54, 1.807) is 0 Å². The molecule has 2 aromatic carbocycles. The molecular formula is C20H26O2Si. The molecule has 0 N–H and O–H groups in total. The first-order chi connectivity index (χ1) is 11.2. The third kappa shape index (κ3) is 3.92. The molecule has 1 aliphatic rings. The Hall–Kier alpha value is -1.42. The van der Waals surface area contributed by atoms with Gasteiger partial charge in [0.15, 0.2) is 6.29 Å². The van der Waals surface area contributed by atoms with E-state index in [-0.39, 0.29) is 6.29 Å². The van der Waals surface area contributed by atoms with Gasteiger partial charge in [0.1, 0.15) is 8.07 Å². The molecule has 1 atom stereocenters. The van der Waals surface area contributed by atoms with E-state index < -0.39 is 8.07 Å². The molecule has 1 aliphatic heterocycles. The summed E-state index contributed by atoms with van der Waals surface area (Å²) in [7, 11) is -1.71. The maximum absolute atomic E-state index is 6.04. The highest BCUT2D eigenvalue weighted by Crippen LogP contribution is 2.16. The third-order valence-corrected chi connectivity index (χ3v) is 8.36. The van der Waals surface area contributed by atoms with Gasteiger partial charge in [-0.15, -0.1) is 0 Å². The van der Waals surface area contributed by atoms with Crippen LogP contribution >= 0.6 is 0 Å². The van der Waals surface area contributed by atoms with Crippen LogP contribution in [0.1, 0.15) is 24.8 Å². The lowest BCUT2D eigenvalue weighted by atomic mass is 10.2. The van der Waals surface area contributed by atoms with E-state index in [0.717, 1.165) is 19.4 Å². The van der Waals surface area contributed by atoms with Crippen molar-refractivity contribution in [2.75, 3.05) is 6.61 Å². The Morgan fingerprint density at radius 3 is 2.48 bits per heavy atom. The molecular weight excluding hydrogens is 300 g/mol. The fourth-order valence-electron chi connectivity index (χ4n) is 3.29. The van der Waals surface area contributed by atoms with Crippen LogP contribution < -0.4 is 10.4 Å². The van der Waals surface area contributed by atoms with Gasteiger partial charge in [0.2, 0.25) is 0 Å². The second-order valence-electron chi connectivity index (χ2n) is 6.76. The maximum Gasteiger partial charge on any atom is 0.158 e. The van der Waals surface area contributed by atoms with E-state index in [4.69, 9.17) is 9.47 Å². The first-order valence-corrected chi connectivity index (χ1v) is 11.5. The van der Waals surface area contributed by atoms with Crippen LogP contribution in [0.4, 0.5) is 0 Å². The van der Waals surface area contributed by atoms with Gasteiger partial charge in [-0.3, -0.25) is 0 Å².